The van der Waals surface area contributed by atoms with Gasteiger partial charge in [-0.2, -0.15) is 0 Å². The van der Waals surface area contributed by atoms with Gasteiger partial charge in [-0.25, -0.2) is 4.98 Å². The molecule has 0 atom stereocenters. The van der Waals surface area contributed by atoms with E-state index in [0.717, 1.165) is 62.2 Å². The number of ether oxygens (including phenoxy) is 4. The Balaban J connectivity index is 1.48. The first-order chi connectivity index (χ1) is 22.1. The first-order valence-corrected chi connectivity index (χ1v) is 14.6. The summed E-state index contributed by atoms with van der Waals surface area (Å²) < 4.78 is 22.5. The second kappa shape index (κ2) is 13.3. The van der Waals surface area contributed by atoms with Gasteiger partial charge in [-0.15, -0.1) is 0 Å². The lowest BCUT2D eigenvalue weighted by Crippen LogP contribution is -2.13. The highest BCUT2D eigenvalue weighted by Gasteiger charge is 2.21. The van der Waals surface area contributed by atoms with Crippen molar-refractivity contribution in [1.29, 1.82) is 0 Å². The van der Waals surface area contributed by atoms with Crippen LogP contribution in [-0.2, 0) is 0 Å². The van der Waals surface area contributed by atoms with E-state index in [-0.39, 0.29) is 0 Å². The summed E-state index contributed by atoms with van der Waals surface area (Å²) in [6, 6.07) is 45.4. The van der Waals surface area contributed by atoms with Crippen molar-refractivity contribution in [2.45, 2.75) is 0 Å². The molecule has 6 rings (SSSR count). The molecule has 0 saturated carbocycles. The molecule has 6 aromatic rings. The van der Waals surface area contributed by atoms with Crippen LogP contribution in [-0.4, -0.2) is 28.4 Å². The predicted octanol–water partition coefficient (Wildman–Crippen LogP) is 9.01. The first kappa shape index (κ1) is 29.3. The highest BCUT2D eigenvalue weighted by molar-refractivity contribution is 5.81. The van der Waals surface area contributed by atoms with Crippen LogP contribution in [0.1, 0.15) is 0 Å². The lowest BCUT2D eigenvalue weighted by atomic mass is 9.98. The van der Waals surface area contributed by atoms with E-state index in [1.807, 2.05) is 48.5 Å². The van der Waals surface area contributed by atoms with Crippen LogP contribution in [0.2, 0.25) is 0 Å². The van der Waals surface area contributed by atoms with Crippen LogP contribution in [0, 0.1) is 0 Å². The fourth-order valence-electron chi connectivity index (χ4n) is 5.47. The molecule has 0 bridgehead atoms. The van der Waals surface area contributed by atoms with Gasteiger partial charge < -0.3 is 23.8 Å². The third-order valence-electron chi connectivity index (χ3n) is 7.75. The summed E-state index contributed by atoms with van der Waals surface area (Å²) in [5, 5.41) is 0. The summed E-state index contributed by atoms with van der Waals surface area (Å²) in [6.07, 6.45) is 0. The van der Waals surface area contributed by atoms with Crippen LogP contribution < -0.4 is 28.8 Å². The van der Waals surface area contributed by atoms with Crippen LogP contribution in [0.5, 0.6) is 23.0 Å². The van der Waals surface area contributed by atoms with Gasteiger partial charge in [0.05, 0.1) is 39.6 Å². The average molecular weight is 596 g/mol. The van der Waals surface area contributed by atoms with Crippen molar-refractivity contribution in [2.24, 2.45) is 0 Å². The van der Waals surface area contributed by atoms with Crippen molar-refractivity contribution in [3.05, 3.63) is 133 Å². The Bertz CT molecular complexity index is 1780. The Morgan fingerprint density at radius 2 is 0.867 bits per heavy atom. The fourth-order valence-corrected chi connectivity index (χ4v) is 5.47. The third-order valence-corrected chi connectivity index (χ3v) is 7.75. The molecule has 0 spiro atoms. The molecule has 0 saturated heterocycles. The van der Waals surface area contributed by atoms with Gasteiger partial charge in [-0.05, 0) is 71.8 Å². The van der Waals surface area contributed by atoms with Gasteiger partial charge in [0.2, 0.25) is 11.4 Å². The number of benzene rings is 5. The number of pyridine rings is 1. The number of anilines is 3. The number of hydrogen-bond acceptors (Lipinski definition) is 5. The van der Waals surface area contributed by atoms with Crippen molar-refractivity contribution >= 4 is 17.1 Å². The van der Waals surface area contributed by atoms with E-state index in [2.05, 4.69) is 94.8 Å². The smallest absolute Gasteiger partial charge is 0.215 e. The van der Waals surface area contributed by atoms with Crippen LogP contribution in [0.25, 0.3) is 33.6 Å². The summed E-state index contributed by atoms with van der Waals surface area (Å²) in [7, 11) is 6.63. The average Bonchev–Trinajstić information content (AvgIpc) is 3.12. The second-order valence-electron chi connectivity index (χ2n) is 10.4. The summed E-state index contributed by atoms with van der Waals surface area (Å²) in [6.45, 7) is 0. The molecule has 0 unspecified atom stereocenters. The van der Waals surface area contributed by atoms with Crippen molar-refractivity contribution in [3.8, 4) is 56.6 Å². The van der Waals surface area contributed by atoms with E-state index in [0.29, 0.717) is 11.5 Å². The number of hydrogen-bond donors (Lipinski definition) is 0. The van der Waals surface area contributed by atoms with Crippen LogP contribution in [0.15, 0.2) is 133 Å². The van der Waals surface area contributed by atoms with E-state index >= 15 is 0 Å². The standard InChI is InChI=1S/C39H34N2O4/c1-42-32-19-21-34(38(25-32)44-3)36-23-28(24-37(40-36)35-22-20-33(43-2)26-39(35)45-4)27-15-17-31(18-16-27)41(29-11-7-5-8-12-29)30-13-9-6-10-14-30/h5-26H,1-4H3/p+1. The monoisotopic (exact) mass is 595 g/mol. The molecule has 6 heteroatoms. The van der Waals surface area contributed by atoms with Crippen molar-refractivity contribution in [2.75, 3.05) is 33.3 Å². The zero-order valence-corrected chi connectivity index (χ0v) is 25.8. The van der Waals surface area contributed by atoms with Gasteiger partial charge in [-0.3, -0.25) is 0 Å². The third kappa shape index (κ3) is 6.17. The minimum absolute atomic E-state index is 0.701. The number of rotatable bonds is 10. The number of nitrogens with one attached hydrogen (secondary N) is 1. The van der Waals surface area contributed by atoms with Crippen LogP contribution in [0.4, 0.5) is 17.1 Å². The minimum Gasteiger partial charge on any atom is -0.497 e. The summed E-state index contributed by atoms with van der Waals surface area (Å²) in [5.74, 6) is 2.85. The van der Waals surface area contributed by atoms with E-state index in [9.17, 15) is 0 Å². The van der Waals surface area contributed by atoms with E-state index in [4.69, 9.17) is 18.9 Å². The quantitative estimate of drug-likeness (QED) is 0.158. The van der Waals surface area contributed by atoms with Crippen molar-refractivity contribution in [1.82, 2.24) is 0 Å². The van der Waals surface area contributed by atoms with Gasteiger partial charge in [0, 0.05) is 41.3 Å². The largest absolute Gasteiger partial charge is 0.497 e. The lowest BCUT2D eigenvalue weighted by Gasteiger charge is -2.25. The molecule has 0 aliphatic heterocycles. The molecule has 224 valence electrons. The van der Waals surface area contributed by atoms with Gasteiger partial charge in [0.1, 0.15) is 23.0 Å². The summed E-state index contributed by atoms with van der Waals surface area (Å²) in [4.78, 5) is 5.89. The Morgan fingerprint density at radius 1 is 0.422 bits per heavy atom. The minimum atomic E-state index is 0.701. The SMILES string of the molecule is COc1ccc(-c2cc(-c3ccc(N(c4ccccc4)c4ccccc4)cc3)cc(-c3ccc(OC)cc3OC)[nH+]2)c(OC)c1. The Morgan fingerprint density at radius 3 is 1.29 bits per heavy atom. The maximum atomic E-state index is 5.79. The van der Waals surface area contributed by atoms with Gasteiger partial charge in [-0.1, -0.05) is 48.5 Å². The zero-order chi connectivity index (χ0) is 31.2. The molecule has 0 aliphatic carbocycles. The second-order valence-corrected chi connectivity index (χ2v) is 10.4. The molecule has 0 fully saturated rings. The van der Waals surface area contributed by atoms with Crippen molar-refractivity contribution < 1.29 is 23.9 Å². The molecule has 45 heavy (non-hydrogen) atoms. The molecule has 1 heterocycles. The van der Waals surface area contributed by atoms with Crippen LogP contribution in [0.3, 0.4) is 0 Å². The Labute approximate surface area is 264 Å². The van der Waals surface area contributed by atoms with E-state index in [1.54, 1.807) is 28.4 Å². The lowest BCUT2D eigenvalue weighted by molar-refractivity contribution is -0.351. The van der Waals surface area contributed by atoms with E-state index in [1.165, 1.54) is 0 Å². The Kier molecular flexibility index (Phi) is 8.65. The van der Waals surface area contributed by atoms with Gasteiger partial charge in [0.15, 0.2) is 0 Å². The maximum absolute atomic E-state index is 5.79. The topological polar surface area (TPSA) is 54.3 Å². The highest BCUT2D eigenvalue weighted by atomic mass is 16.5. The predicted molar refractivity (Wildman–Crippen MR) is 180 cm³/mol. The zero-order valence-electron chi connectivity index (χ0n) is 25.8. The molecule has 1 N–H and O–H groups in total. The molecular formula is C39H35N2O4+. The number of para-hydroxylation sites is 2. The molecule has 5 aromatic carbocycles. The van der Waals surface area contributed by atoms with Crippen molar-refractivity contribution in [3.63, 3.8) is 0 Å². The summed E-state index contributed by atoms with van der Waals surface area (Å²) in [5.41, 5.74) is 8.94. The fraction of sp³-hybridized carbons (Fsp3) is 0.103. The maximum Gasteiger partial charge on any atom is 0.215 e. The highest BCUT2D eigenvalue weighted by Crippen LogP contribution is 2.39. The molecule has 0 amide bonds. The van der Waals surface area contributed by atoms with Gasteiger partial charge >= 0.3 is 0 Å². The Hall–Kier alpha value is -5.75. The van der Waals surface area contributed by atoms with E-state index < -0.39 is 0 Å². The first-order valence-electron chi connectivity index (χ1n) is 14.6. The van der Waals surface area contributed by atoms with Crippen LogP contribution >= 0.6 is 0 Å². The number of aromatic nitrogens is 1. The molecular weight excluding hydrogens is 560 g/mol. The molecule has 1 aromatic heterocycles. The number of aromatic amines is 1. The van der Waals surface area contributed by atoms with Gasteiger partial charge in [0.25, 0.3) is 0 Å². The number of methoxy groups -OCH3 is 4. The molecule has 0 radical (unpaired) electrons. The number of H-pyrrole nitrogens is 1. The normalized spacial score (nSPS) is 10.7. The summed E-state index contributed by atoms with van der Waals surface area (Å²) >= 11 is 0. The molecule has 0 aliphatic rings. The molecule has 6 nitrogen and oxygen atoms in total. The number of nitrogens with zero attached hydrogens (tertiary/aromatic N) is 1.